The quantitative estimate of drug-likeness (QED) is 0.892. The minimum absolute atomic E-state index is 0.0233. The van der Waals surface area contributed by atoms with E-state index in [0.717, 1.165) is 0 Å². The summed E-state index contributed by atoms with van der Waals surface area (Å²) in [5.74, 6) is -1.17. The Morgan fingerprint density at radius 2 is 1.90 bits per heavy atom. The third-order valence-electron chi connectivity index (χ3n) is 2.57. The number of rotatable bonds is 4. The van der Waals surface area contributed by atoms with Crippen molar-refractivity contribution in [3.8, 4) is 0 Å². The molecule has 0 amide bonds. The van der Waals surface area contributed by atoms with Gasteiger partial charge in [0.1, 0.15) is 0 Å². The Kier molecular flexibility index (Phi) is 4.99. The average molecular weight is 364 g/mol. The number of nitrogens with zero attached hydrogens (tertiary/aromatic N) is 1. The molecule has 0 radical (unpaired) electrons. The van der Waals surface area contributed by atoms with Gasteiger partial charge in [0.2, 0.25) is 10.0 Å². The minimum atomic E-state index is -3.70. The molecule has 0 aliphatic rings. The van der Waals surface area contributed by atoms with Crippen LogP contribution < -0.4 is 0 Å². The van der Waals surface area contributed by atoms with Crippen LogP contribution in [0.3, 0.4) is 0 Å². The van der Waals surface area contributed by atoms with E-state index in [2.05, 4.69) is 15.9 Å². The number of benzene rings is 1. The predicted molar refractivity (Wildman–Crippen MR) is 80.4 cm³/mol. The first-order chi connectivity index (χ1) is 8.95. The van der Waals surface area contributed by atoms with Crippen molar-refractivity contribution in [1.29, 1.82) is 0 Å². The lowest BCUT2D eigenvalue weighted by Crippen LogP contribution is -2.34. The molecule has 0 spiro atoms. The predicted octanol–water partition coefficient (Wildman–Crippen LogP) is 2.81. The molecule has 0 saturated heterocycles. The summed E-state index contributed by atoms with van der Waals surface area (Å²) in [6, 6.07) is 3.99. The van der Waals surface area contributed by atoms with E-state index in [1.54, 1.807) is 0 Å². The summed E-state index contributed by atoms with van der Waals surface area (Å²) >= 11 is 3.09. The Morgan fingerprint density at radius 1 is 1.35 bits per heavy atom. The van der Waals surface area contributed by atoms with Gasteiger partial charge < -0.3 is 5.11 Å². The van der Waals surface area contributed by atoms with Crippen LogP contribution in [0, 0.1) is 5.41 Å². The van der Waals surface area contributed by atoms with Gasteiger partial charge in [-0.05, 0) is 39.5 Å². The summed E-state index contributed by atoms with van der Waals surface area (Å²) in [6.45, 7) is 6.14. The van der Waals surface area contributed by atoms with Crippen molar-refractivity contribution >= 4 is 31.9 Å². The van der Waals surface area contributed by atoms with Crippen LogP contribution in [-0.4, -0.2) is 37.4 Å². The highest BCUT2D eigenvalue weighted by atomic mass is 79.9. The number of carbonyl (C=O) groups is 1. The lowest BCUT2D eigenvalue weighted by atomic mass is 9.97. The maximum atomic E-state index is 12.4. The van der Waals surface area contributed by atoms with Gasteiger partial charge in [0.05, 0.1) is 10.5 Å². The Bertz CT molecular complexity index is 620. The number of hydrogen-bond acceptors (Lipinski definition) is 3. The SMILES string of the molecule is CN(CC(C)(C)C)S(=O)(=O)c1ccc(Br)c(C(=O)O)c1. The highest BCUT2D eigenvalue weighted by Crippen LogP contribution is 2.25. The van der Waals surface area contributed by atoms with Gasteiger partial charge in [0.15, 0.2) is 0 Å². The number of carboxylic acids is 1. The number of aromatic carboxylic acids is 1. The highest BCUT2D eigenvalue weighted by molar-refractivity contribution is 9.10. The maximum absolute atomic E-state index is 12.4. The molecule has 0 unspecified atom stereocenters. The van der Waals surface area contributed by atoms with Gasteiger partial charge in [-0.3, -0.25) is 0 Å². The Balaban J connectivity index is 3.23. The lowest BCUT2D eigenvalue weighted by molar-refractivity contribution is 0.0695. The van der Waals surface area contributed by atoms with Gasteiger partial charge >= 0.3 is 5.97 Å². The highest BCUT2D eigenvalue weighted by Gasteiger charge is 2.26. The standard InChI is InChI=1S/C13H18BrNO4S/c1-13(2,3)8-15(4)20(18,19)9-5-6-11(14)10(7-9)12(16)17/h5-7H,8H2,1-4H3,(H,16,17). The molecule has 0 bridgehead atoms. The van der Waals surface area contributed by atoms with Crippen molar-refractivity contribution in [3.63, 3.8) is 0 Å². The van der Waals surface area contributed by atoms with Gasteiger partial charge in [0, 0.05) is 18.1 Å². The van der Waals surface area contributed by atoms with Crippen LogP contribution in [0.5, 0.6) is 0 Å². The minimum Gasteiger partial charge on any atom is -0.478 e. The normalized spacial score (nSPS) is 12.7. The van der Waals surface area contributed by atoms with E-state index in [9.17, 15) is 13.2 Å². The molecule has 0 atom stereocenters. The Labute approximate surface area is 127 Å². The fourth-order valence-corrected chi connectivity index (χ4v) is 3.60. The first kappa shape index (κ1) is 17.1. The molecule has 112 valence electrons. The zero-order chi connectivity index (χ0) is 15.7. The van der Waals surface area contributed by atoms with Crippen molar-refractivity contribution in [3.05, 3.63) is 28.2 Å². The average Bonchev–Trinajstić information content (AvgIpc) is 2.26. The Morgan fingerprint density at radius 3 is 2.35 bits per heavy atom. The molecule has 0 aromatic heterocycles. The van der Waals surface area contributed by atoms with Gasteiger partial charge in [-0.2, -0.15) is 0 Å². The molecule has 0 heterocycles. The number of halogens is 1. The van der Waals surface area contributed by atoms with E-state index in [0.29, 0.717) is 11.0 Å². The summed E-state index contributed by atoms with van der Waals surface area (Å²) in [5, 5.41) is 9.04. The smallest absolute Gasteiger partial charge is 0.336 e. The molecule has 0 aliphatic carbocycles. The molecule has 0 fully saturated rings. The summed E-state index contributed by atoms with van der Waals surface area (Å²) in [7, 11) is -2.21. The summed E-state index contributed by atoms with van der Waals surface area (Å²) in [6.07, 6.45) is 0. The maximum Gasteiger partial charge on any atom is 0.336 e. The van der Waals surface area contributed by atoms with Crippen molar-refractivity contribution in [2.24, 2.45) is 5.41 Å². The van der Waals surface area contributed by atoms with E-state index in [1.807, 2.05) is 20.8 Å². The van der Waals surface area contributed by atoms with Gasteiger partial charge in [0.25, 0.3) is 0 Å². The monoisotopic (exact) mass is 363 g/mol. The van der Waals surface area contributed by atoms with E-state index >= 15 is 0 Å². The third kappa shape index (κ3) is 4.04. The van der Waals surface area contributed by atoms with E-state index in [-0.39, 0.29) is 15.9 Å². The van der Waals surface area contributed by atoms with Crippen LogP contribution in [0.2, 0.25) is 0 Å². The molecule has 1 aromatic carbocycles. The first-order valence-corrected chi connectivity index (χ1v) is 8.17. The van der Waals surface area contributed by atoms with Crippen molar-refractivity contribution in [1.82, 2.24) is 4.31 Å². The zero-order valence-electron chi connectivity index (χ0n) is 11.8. The zero-order valence-corrected chi connectivity index (χ0v) is 14.2. The van der Waals surface area contributed by atoms with Crippen molar-refractivity contribution in [2.45, 2.75) is 25.7 Å². The molecular formula is C13H18BrNO4S. The second-order valence-electron chi connectivity index (χ2n) is 5.77. The number of carboxylic acid groups (broad SMARTS) is 1. The Hall–Kier alpha value is -0.920. The van der Waals surface area contributed by atoms with Crippen molar-refractivity contribution < 1.29 is 18.3 Å². The van der Waals surface area contributed by atoms with Crippen LogP contribution in [0.4, 0.5) is 0 Å². The fraction of sp³-hybridized carbons (Fsp3) is 0.462. The molecule has 0 saturated carbocycles. The van der Waals surface area contributed by atoms with Crippen LogP contribution in [-0.2, 0) is 10.0 Å². The second-order valence-corrected chi connectivity index (χ2v) is 8.67. The van der Waals surface area contributed by atoms with E-state index in [4.69, 9.17) is 5.11 Å². The molecule has 1 rings (SSSR count). The van der Waals surface area contributed by atoms with Gasteiger partial charge in [-0.1, -0.05) is 20.8 Å². The largest absolute Gasteiger partial charge is 0.478 e. The first-order valence-electron chi connectivity index (χ1n) is 5.94. The van der Waals surface area contributed by atoms with Crippen LogP contribution in [0.15, 0.2) is 27.6 Å². The molecule has 5 nitrogen and oxygen atoms in total. The number of sulfonamides is 1. The topological polar surface area (TPSA) is 74.7 Å². The summed E-state index contributed by atoms with van der Waals surface area (Å²) in [4.78, 5) is 11.0. The summed E-state index contributed by atoms with van der Waals surface area (Å²) in [5.41, 5.74) is -0.262. The van der Waals surface area contributed by atoms with Crippen LogP contribution in [0.1, 0.15) is 31.1 Å². The van der Waals surface area contributed by atoms with Gasteiger partial charge in [-0.25, -0.2) is 17.5 Å². The molecule has 1 aromatic rings. The molecule has 1 N–H and O–H groups in total. The molecule has 0 aliphatic heterocycles. The fourth-order valence-electron chi connectivity index (χ4n) is 1.76. The van der Waals surface area contributed by atoms with Crippen LogP contribution >= 0.6 is 15.9 Å². The van der Waals surface area contributed by atoms with E-state index < -0.39 is 16.0 Å². The van der Waals surface area contributed by atoms with Crippen LogP contribution in [0.25, 0.3) is 0 Å². The third-order valence-corrected chi connectivity index (χ3v) is 5.06. The second kappa shape index (κ2) is 5.83. The molecular weight excluding hydrogens is 346 g/mol. The van der Waals surface area contributed by atoms with E-state index in [1.165, 1.54) is 29.6 Å². The molecule has 7 heteroatoms. The van der Waals surface area contributed by atoms with Gasteiger partial charge in [-0.15, -0.1) is 0 Å². The van der Waals surface area contributed by atoms with Crippen molar-refractivity contribution in [2.75, 3.05) is 13.6 Å². The lowest BCUT2D eigenvalue weighted by Gasteiger charge is -2.26. The molecule has 20 heavy (non-hydrogen) atoms. The summed E-state index contributed by atoms with van der Waals surface area (Å²) < 4.78 is 26.4. The number of hydrogen-bond donors (Lipinski definition) is 1.